The van der Waals surface area contributed by atoms with Gasteiger partial charge in [0, 0.05) is 25.8 Å². The van der Waals surface area contributed by atoms with Crippen LogP contribution in [-0.4, -0.2) is 18.6 Å². The molecule has 0 atom stereocenters. The molecule has 0 saturated carbocycles. The van der Waals surface area contributed by atoms with Gasteiger partial charge in [-0.3, -0.25) is 0 Å². The van der Waals surface area contributed by atoms with Gasteiger partial charge >= 0.3 is 0 Å². The number of hydrogen-bond donors (Lipinski definition) is 1. The largest absolute Gasteiger partial charge is 0.355 e. The summed E-state index contributed by atoms with van der Waals surface area (Å²) in [7, 11) is 2.09. The Bertz CT molecular complexity index is 552. The van der Waals surface area contributed by atoms with Crippen molar-refractivity contribution in [2.75, 3.05) is 18.5 Å². The van der Waals surface area contributed by atoms with E-state index < -0.39 is 0 Å². The molecule has 2 rings (SSSR count). The predicted molar refractivity (Wildman–Crippen MR) is 89.5 cm³/mol. The predicted octanol–water partition coefficient (Wildman–Crippen LogP) is 3.53. The summed E-state index contributed by atoms with van der Waals surface area (Å²) in [6.07, 6.45) is 1.16. The lowest BCUT2D eigenvalue weighted by atomic mass is 10.2. The van der Waals surface area contributed by atoms with E-state index >= 15 is 0 Å². The fourth-order valence-corrected chi connectivity index (χ4v) is 2.31. The van der Waals surface area contributed by atoms with Crippen molar-refractivity contribution in [3.05, 3.63) is 59.3 Å². The van der Waals surface area contributed by atoms with Gasteiger partial charge in [-0.15, -0.1) is 0 Å². The summed E-state index contributed by atoms with van der Waals surface area (Å²) < 4.78 is 0. The van der Waals surface area contributed by atoms with Crippen LogP contribution in [0.25, 0.3) is 0 Å². The molecule has 0 spiro atoms. The van der Waals surface area contributed by atoms with Gasteiger partial charge in [-0.05, 0) is 37.1 Å². The van der Waals surface area contributed by atoms with E-state index in [-0.39, 0.29) is 0 Å². The zero-order chi connectivity index (χ0) is 15.1. The van der Waals surface area contributed by atoms with E-state index in [2.05, 4.69) is 67.5 Å². The van der Waals surface area contributed by atoms with Crippen molar-refractivity contribution >= 4 is 5.82 Å². The lowest BCUT2D eigenvalue weighted by Gasteiger charge is -2.19. The second-order valence-corrected chi connectivity index (χ2v) is 5.43. The zero-order valence-corrected chi connectivity index (χ0v) is 13.3. The Hall–Kier alpha value is -1.87. The normalized spacial score (nSPS) is 10.6. The Morgan fingerprint density at radius 3 is 2.52 bits per heavy atom. The first-order chi connectivity index (χ1) is 10.2. The van der Waals surface area contributed by atoms with Crippen LogP contribution in [0.3, 0.4) is 0 Å². The number of aryl methyl sites for hydroxylation is 1. The number of hydrogen-bond acceptors (Lipinski definition) is 3. The van der Waals surface area contributed by atoms with Crippen molar-refractivity contribution in [3.63, 3.8) is 0 Å². The number of rotatable bonds is 7. The Kier molecular flexibility index (Phi) is 5.76. The zero-order valence-electron chi connectivity index (χ0n) is 13.3. The molecule has 1 N–H and O–H groups in total. The molecule has 3 nitrogen and oxygen atoms in total. The molecule has 112 valence electrons. The average Bonchev–Trinajstić information content (AvgIpc) is 2.50. The van der Waals surface area contributed by atoms with Crippen molar-refractivity contribution in [1.82, 2.24) is 10.3 Å². The molecule has 21 heavy (non-hydrogen) atoms. The highest BCUT2D eigenvalue weighted by Crippen LogP contribution is 2.16. The number of nitrogens with one attached hydrogen (secondary N) is 1. The van der Waals surface area contributed by atoms with Crippen molar-refractivity contribution in [3.8, 4) is 0 Å². The third-order valence-electron chi connectivity index (χ3n) is 3.58. The first-order valence-corrected chi connectivity index (χ1v) is 7.63. The molecule has 1 aromatic heterocycles. The summed E-state index contributed by atoms with van der Waals surface area (Å²) in [5, 5.41) is 3.43. The second-order valence-electron chi connectivity index (χ2n) is 5.43. The number of nitrogens with zero attached hydrogens (tertiary/aromatic N) is 2. The molecule has 1 aromatic carbocycles. The van der Waals surface area contributed by atoms with Gasteiger partial charge in [-0.25, -0.2) is 4.98 Å². The van der Waals surface area contributed by atoms with E-state index in [1.54, 1.807) is 0 Å². The third kappa shape index (κ3) is 4.57. The van der Waals surface area contributed by atoms with Gasteiger partial charge in [0.1, 0.15) is 5.82 Å². The Labute approximate surface area is 128 Å². The van der Waals surface area contributed by atoms with Crippen molar-refractivity contribution < 1.29 is 0 Å². The molecular weight excluding hydrogens is 258 g/mol. The molecule has 0 aliphatic rings. The molecule has 3 heteroatoms. The molecule has 0 radical (unpaired) electrons. The summed E-state index contributed by atoms with van der Waals surface area (Å²) in [6, 6.07) is 14.8. The average molecular weight is 283 g/mol. The molecule has 0 amide bonds. The van der Waals surface area contributed by atoms with Gasteiger partial charge in [0.2, 0.25) is 0 Å². The third-order valence-corrected chi connectivity index (χ3v) is 3.58. The van der Waals surface area contributed by atoms with Crippen LogP contribution in [0.2, 0.25) is 0 Å². The molecule has 2 aromatic rings. The molecule has 0 unspecified atom stereocenters. The molecule has 0 aliphatic carbocycles. The molecule has 1 heterocycles. The fourth-order valence-electron chi connectivity index (χ4n) is 2.31. The summed E-state index contributed by atoms with van der Waals surface area (Å²) in [4.78, 5) is 6.92. The maximum absolute atomic E-state index is 4.73. The van der Waals surface area contributed by atoms with Crippen molar-refractivity contribution in [1.29, 1.82) is 0 Å². The van der Waals surface area contributed by atoms with E-state index in [1.165, 1.54) is 11.1 Å². The van der Waals surface area contributed by atoms with E-state index in [0.717, 1.165) is 37.6 Å². The Morgan fingerprint density at radius 2 is 1.86 bits per heavy atom. The van der Waals surface area contributed by atoms with Crippen LogP contribution in [0.1, 0.15) is 30.2 Å². The molecule has 0 saturated heterocycles. The summed E-state index contributed by atoms with van der Waals surface area (Å²) in [5.74, 6) is 1.02. The first-order valence-electron chi connectivity index (χ1n) is 7.63. The Morgan fingerprint density at radius 1 is 1.10 bits per heavy atom. The summed E-state index contributed by atoms with van der Waals surface area (Å²) >= 11 is 0. The van der Waals surface area contributed by atoms with Gasteiger partial charge in [0.25, 0.3) is 0 Å². The minimum atomic E-state index is 0.876. The van der Waals surface area contributed by atoms with Crippen LogP contribution in [0, 0.1) is 6.92 Å². The summed E-state index contributed by atoms with van der Waals surface area (Å²) in [6.45, 7) is 7.09. The van der Waals surface area contributed by atoms with Crippen LogP contribution in [0.4, 0.5) is 5.82 Å². The highest BCUT2D eigenvalue weighted by atomic mass is 15.2. The smallest absolute Gasteiger partial charge is 0.128 e. The highest BCUT2D eigenvalue weighted by molar-refractivity contribution is 5.41. The first kappa shape index (κ1) is 15.5. The number of anilines is 1. The lowest BCUT2D eigenvalue weighted by Crippen LogP contribution is -2.19. The number of pyridine rings is 1. The summed E-state index contributed by atoms with van der Waals surface area (Å²) in [5.41, 5.74) is 3.68. The van der Waals surface area contributed by atoms with Crippen LogP contribution in [-0.2, 0) is 13.1 Å². The van der Waals surface area contributed by atoms with Gasteiger partial charge in [0.15, 0.2) is 0 Å². The minimum absolute atomic E-state index is 0.876. The number of aromatic nitrogens is 1. The van der Waals surface area contributed by atoms with Crippen molar-refractivity contribution in [2.24, 2.45) is 0 Å². The quantitative estimate of drug-likeness (QED) is 0.788. The Balaban J connectivity index is 2.01. The molecule has 0 aliphatic heterocycles. The second kappa shape index (κ2) is 7.79. The van der Waals surface area contributed by atoms with Gasteiger partial charge in [0.05, 0.1) is 0 Å². The topological polar surface area (TPSA) is 28.2 Å². The van der Waals surface area contributed by atoms with E-state index in [9.17, 15) is 0 Å². The highest BCUT2D eigenvalue weighted by Gasteiger charge is 2.06. The lowest BCUT2D eigenvalue weighted by molar-refractivity contribution is 0.670. The van der Waals surface area contributed by atoms with Crippen LogP contribution < -0.4 is 10.2 Å². The maximum Gasteiger partial charge on any atom is 0.128 e. The standard InChI is InChI=1S/C18H25N3/c1-4-12-19-13-17-10-11-18(20-15(17)2)21(3)14-16-8-6-5-7-9-16/h5-11,19H,4,12-14H2,1-3H3. The number of benzene rings is 1. The molecular formula is C18H25N3. The monoisotopic (exact) mass is 283 g/mol. The van der Waals surface area contributed by atoms with E-state index in [1.807, 2.05) is 6.07 Å². The maximum atomic E-state index is 4.73. The van der Waals surface area contributed by atoms with E-state index in [4.69, 9.17) is 4.98 Å². The van der Waals surface area contributed by atoms with Crippen LogP contribution in [0.5, 0.6) is 0 Å². The fraction of sp³-hybridized carbons (Fsp3) is 0.389. The molecule has 0 bridgehead atoms. The SMILES string of the molecule is CCCNCc1ccc(N(C)Cc2ccccc2)nc1C. The van der Waals surface area contributed by atoms with E-state index in [0.29, 0.717) is 0 Å². The van der Waals surface area contributed by atoms with Crippen molar-refractivity contribution in [2.45, 2.75) is 33.4 Å². The van der Waals surface area contributed by atoms with Gasteiger partial charge in [-0.1, -0.05) is 43.3 Å². The van der Waals surface area contributed by atoms with Gasteiger partial charge in [-0.2, -0.15) is 0 Å². The molecule has 0 fully saturated rings. The minimum Gasteiger partial charge on any atom is -0.355 e. The van der Waals surface area contributed by atoms with Gasteiger partial charge < -0.3 is 10.2 Å². The van der Waals surface area contributed by atoms with Crippen LogP contribution >= 0.6 is 0 Å². The van der Waals surface area contributed by atoms with Crippen LogP contribution in [0.15, 0.2) is 42.5 Å².